The van der Waals surface area contributed by atoms with Gasteiger partial charge in [-0.3, -0.25) is 0 Å². The van der Waals surface area contributed by atoms with Crippen molar-refractivity contribution in [2.45, 2.75) is 25.4 Å². The van der Waals surface area contributed by atoms with Crippen molar-refractivity contribution < 1.29 is 22.6 Å². The molecule has 0 spiro atoms. The number of hydrogen-bond acceptors (Lipinski definition) is 3. The first kappa shape index (κ1) is 16.3. The number of alkyl halides is 3. The second kappa shape index (κ2) is 8.43. The van der Waals surface area contributed by atoms with E-state index in [4.69, 9.17) is 14.7 Å². The first-order chi connectivity index (χ1) is 9.51. The van der Waals surface area contributed by atoms with Gasteiger partial charge < -0.3 is 9.47 Å². The van der Waals surface area contributed by atoms with Crippen molar-refractivity contribution in [1.29, 1.82) is 5.26 Å². The Kier molecular flexibility index (Phi) is 6.88. The van der Waals surface area contributed by atoms with E-state index < -0.39 is 12.6 Å². The molecule has 0 heterocycles. The molecular formula is C14H16F3NO2. The summed E-state index contributed by atoms with van der Waals surface area (Å²) >= 11 is 0. The summed E-state index contributed by atoms with van der Waals surface area (Å²) in [5, 5.41) is 8.52. The van der Waals surface area contributed by atoms with E-state index >= 15 is 0 Å². The maximum Gasteiger partial charge on any atom is 0.389 e. The third kappa shape index (κ3) is 7.64. The number of rotatable bonds is 8. The van der Waals surface area contributed by atoms with Crippen molar-refractivity contribution in [2.75, 3.05) is 19.8 Å². The predicted molar refractivity (Wildman–Crippen MR) is 67.4 cm³/mol. The topological polar surface area (TPSA) is 42.2 Å². The van der Waals surface area contributed by atoms with E-state index in [1.165, 1.54) is 0 Å². The minimum atomic E-state index is -4.12. The minimum absolute atomic E-state index is 0.0354. The van der Waals surface area contributed by atoms with E-state index in [1.54, 1.807) is 24.3 Å². The fourth-order valence-electron chi connectivity index (χ4n) is 1.49. The zero-order valence-electron chi connectivity index (χ0n) is 10.9. The number of ether oxygens (including phenoxy) is 2. The van der Waals surface area contributed by atoms with Gasteiger partial charge in [-0.15, -0.1) is 0 Å². The highest BCUT2D eigenvalue weighted by molar-refractivity contribution is 5.28. The molecule has 0 saturated heterocycles. The van der Waals surface area contributed by atoms with Gasteiger partial charge in [0.2, 0.25) is 0 Å². The number of nitrogens with zero attached hydrogens (tertiary/aromatic N) is 1. The summed E-state index contributed by atoms with van der Waals surface area (Å²) in [5.41, 5.74) is 0.906. The van der Waals surface area contributed by atoms with Crippen molar-refractivity contribution in [3.05, 3.63) is 29.8 Å². The van der Waals surface area contributed by atoms with Gasteiger partial charge in [-0.05, 0) is 24.1 Å². The summed E-state index contributed by atoms with van der Waals surface area (Å²) in [7, 11) is 0. The highest BCUT2D eigenvalue weighted by atomic mass is 19.4. The Balaban J connectivity index is 2.08. The van der Waals surface area contributed by atoms with E-state index in [9.17, 15) is 13.2 Å². The third-order valence-corrected chi connectivity index (χ3v) is 2.45. The van der Waals surface area contributed by atoms with E-state index in [0.717, 1.165) is 5.56 Å². The molecule has 0 N–H and O–H groups in total. The van der Waals surface area contributed by atoms with E-state index in [-0.39, 0.29) is 26.2 Å². The Bertz CT molecular complexity index is 424. The second-order valence-electron chi connectivity index (χ2n) is 4.16. The van der Waals surface area contributed by atoms with Gasteiger partial charge in [-0.2, -0.15) is 18.4 Å². The molecule has 0 aromatic heterocycles. The highest BCUT2D eigenvalue weighted by Gasteiger charge is 2.25. The summed E-state index contributed by atoms with van der Waals surface area (Å²) < 4.78 is 45.9. The highest BCUT2D eigenvalue weighted by Crippen LogP contribution is 2.21. The average Bonchev–Trinajstić information content (AvgIpc) is 2.38. The average molecular weight is 287 g/mol. The molecule has 20 heavy (non-hydrogen) atoms. The third-order valence-electron chi connectivity index (χ3n) is 2.45. The molecule has 0 bridgehead atoms. The molecule has 0 saturated carbocycles. The zero-order valence-corrected chi connectivity index (χ0v) is 10.9. The van der Waals surface area contributed by atoms with Crippen LogP contribution in [0.3, 0.4) is 0 Å². The molecule has 0 radical (unpaired) electrons. The molecular weight excluding hydrogens is 271 g/mol. The second-order valence-corrected chi connectivity index (χ2v) is 4.16. The van der Waals surface area contributed by atoms with Crippen molar-refractivity contribution in [1.82, 2.24) is 0 Å². The lowest BCUT2D eigenvalue weighted by Crippen LogP contribution is -2.11. The van der Waals surface area contributed by atoms with Gasteiger partial charge in [0.25, 0.3) is 0 Å². The van der Waals surface area contributed by atoms with Crippen LogP contribution >= 0.6 is 0 Å². The number of benzene rings is 1. The lowest BCUT2D eigenvalue weighted by Gasteiger charge is -2.08. The van der Waals surface area contributed by atoms with Crippen molar-refractivity contribution in [3.63, 3.8) is 0 Å². The van der Waals surface area contributed by atoms with Gasteiger partial charge >= 0.3 is 6.18 Å². The molecule has 0 aliphatic rings. The fourth-order valence-corrected chi connectivity index (χ4v) is 1.49. The molecule has 1 rings (SSSR count). The molecule has 0 aliphatic heterocycles. The molecule has 1 aromatic carbocycles. The van der Waals surface area contributed by atoms with Crippen LogP contribution in [0.4, 0.5) is 13.2 Å². The lowest BCUT2D eigenvalue weighted by atomic mass is 10.2. The van der Waals surface area contributed by atoms with Crippen LogP contribution in [0.25, 0.3) is 0 Å². The van der Waals surface area contributed by atoms with E-state index in [2.05, 4.69) is 0 Å². The lowest BCUT2D eigenvalue weighted by molar-refractivity contribution is -0.138. The Labute approximate surface area is 115 Å². The van der Waals surface area contributed by atoms with Crippen molar-refractivity contribution in [2.24, 2.45) is 0 Å². The normalized spacial score (nSPS) is 11.1. The number of hydrogen-bond donors (Lipinski definition) is 0. The van der Waals surface area contributed by atoms with Gasteiger partial charge in [-0.1, -0.05) is 12.1 Å². The van der Waals surface area contributed by atoms with Crippen molar-refractivity contribution >= 4 is 0 Å². The molecule has 3 nitrogen and oxygen atoms in total. The van der Waals surface area contributed by atoms with Crippen LogP contribution in [0.2, 0.25) is 0 Å². The van der Waals surface area contributed by atoms with Crippen LogP contribution in [-0.2, 0) is 11.2 Å². The van der Waals surface area contributed by atoms with Crippen LogP contribution < -0.4 is 4.74 Å². The molecule has 0 fully saturated rings. The summed E-state index contributed by atoms with van der Waals surface area (Å²) in [5.74, 6) is 0.644. The molecule has 1 aromatic rings. The molecule has 6 heteroatoms. The number of nitriles is 1. The van der Waals surface area contributed by atoms with Gasteiger partial charge in [0.1, 0.15) is 12.4 Å². The summed E-state index contributed by atoms with van der Waals surface area (Å²) in [6.45, 7) is 0.603. The largest absolute Gasteiger partial charge is 0.491 e. The summed E-state index contributed by atoms with van der Waals surface area (Å²) in [6, 6.07) is 9.13. The number of halogens is 3. The van der Waals surface area contributed by atoms with Gasteiger partial charge in [0, 0.05) is 13.0 Å². The standard InChI is InChI=1S/C14H16F3NO2/c15-14(16,17)7-1-9-19-10-11-20-13-4-2-12(3-5-13)6-8-18/h2-5H,1,6-7,9-11H2. The van der Waals surface area contributed by atoms with E-state index in [1.807, 2.05) is 6.07 Å². The van der Waals surface area contributed by atoms with Crippen molar-refractivity contribution in [3.8, 4) is 11.8 Å². The quantitative estimate of drug-likeness (QED) is 0.687. The first-order valence-corrected chi connectivity index (χ1v) is 6.24. The van der Waals surface area contributed by atoms with Gasteiger partial charge in [0.15, 0.2) is 0 Å². The summed E-state index contributed by atoms with van der Waals surface area (Å²) in [4.78, 5) is 0. The molecule has 0 atom stereocenters. The smallest absolute Gasteiger partial charge is 0.389 e. The molecule has 0 unspecified atom stereocenters. The Morgan fingerprint density at radius 2 is 1.75 bits per heavy atom. The fraction of sp³-hybridized carbons (Fsp3) is 0.500. The van der Waals surface area contributed by atoms with E-state index in [0.29, 0.717) is 12.2 Å². The Hall–Kier alpha value is -1.74. The maximum atomic E-state index is 11.8. The predicted octanol–water partition coefficient (Wildman–Crippen LogP) is 3.49. The molecule has 0 aliphatic carbocycles. The van der Waals surface area contributed by atoms with Crippen LogP contribution in [0, 0.1) is 11.3 Å². The van der Waals surface area contributed by atoms with Crippen LogP contribution in [-0.4, -0.2) is 26.0 Å². The molecule has 110 valence electrons. The van der Waals surface area contributed by atoms with Crippen LogP contribution in [0.15, 0.2) is 24.3 Å². The maximum absolute atomic E-state index is 11.8. The Morgan fingerprint density at radius 3 is 2.35 bits per heavy atom. The molecule has 0 amide bonds. The van der Waals surface area contributed by atoms with Gasteiger partial charge in [-0.25, -0.2) is 0 Å². The van der Waals surface area contributed by atoms with Crippen LogP contribution in [0.1, 0.15) is 18.4 Å². The monoisotopic (exact) mass is 287 g/mol. The minimum Gasteiger partial charge on any atom is -0.491 e. The zero-order chi connectivity index (χ0) is 14.8. The van der Waals surface area contributed by atoms with Gasteiger partial charge in [0.05, 0.1) is 19.1 Å². The van der Waals surface area contributed by atoms with Crippen LogP contribution in [0.5, 0.6) is 5.75 Å². The SMILES string of the molecule is N#CCc1ccc(OCCOCCCC(F)(F)F)cc1. The summed E-state index contributed by atoms with van der Waals surface area (Å²) in [6.07, 6.45) is -4.63. The Morgan fingerprint density at radius 1 is 1.05 bits per heavy atom. The first-order valence-electron chi connectivity index (χ1n) is 6.24.